The number of aryl methyl sites for hydroxylation is 1. The fraction of sp³-hybridized carbons (Fsp3) is 0.591. The Morgan fingerprint density at radius 1 is 1.13 bits per heavy atom. The Balaban J connectivity index is 0.00000450. The van der Waals surface area contributed by atoms with Gasteiger partial charge in [0.25, 0.3) is 0 Å². The molecule has 8 heteroatoms. The summed E-state index contributed by atoms with van der Waals surface area (Å²) in [6.45, 7) is 11.2. The highest BCUT2D eigenvalue weighted by Gasteiger charge is 2.28. The van der Waals surface area contributed by atoms with Crippen LogP contribution >= 0.6 is 24.0 Å². The van der Waals surface area contributed by atoms with Crippen LogP contribution in [0.1, 0.15) is 58.0 Å². The number of nitrogens with zero attached hydrogens (tertiary/aromatic N) is 4. The number of benzene rings is 1. The third kappa shape index (κ3) is 7.54. The molecule has 2 rings (SSSR count). The van der Waals surface area contributed by atoms with Gasteiger partial charge in [0.15, 0.2) is 5.96 Å². The molecule has 7 nitrogen and oxygen atoms in total. The molecule has 0 amide bonds. The lowest BCUT2D eigenvalue weighted by Crippen LogP contribution is -2.55. The van der Waals surface area contributed by atoms with Crippen molar-refractivity contribution in [3.63, 3.8) is 0 Å². The molecule has 30 heavy (non-hydrogen) atoms. The number of hydrogen-bond acceptors (Lipinski definition) is 4. The second-order valence-electron chi connectivity index (χ2n) is 7.41. The van der Waals surface area contributed by atoms with Gasteiger partial charge in [-0.1, -0.05) is 51.1 Å². The number of aliphatic imine (C=N–C) groups is 1. The van der Waals surface area contributed by atoms with Crippen molar-refractivity contribution in [3.05, 3.63) is 48.0 Å². The fourth-order valence-corrected chi connectivity index (χ4v) is 3.55. The van der Waals surface area contributed by atoms with E-state index in [1.165, 1.54) is 5.56 Å². The van der Waals surface area contributed by atoms with E-state index in [2.05, 4.69) is 93.7 Å². The minimum atomic E-state index is -0.00345. The molecule has 0 saturated heterocycles. The average Bonchev–Trinajstić information content (AvgIpc) is 3.23. The van der Waals surface area contributed by atoms with Crippen LogP contribution < -0.4 is 16.0 Å². The standard InChI is InChI=1S/C22H37N7.HI/c1-6-20-28-26-17-29(20)15-14-24-21(23-5)25-16-22(7-2,8-3)27-18(4)19-12-10-9-11-13-19;/h9-13,17-18,27H,6-8,14-16H2,1-5H3,(H2,23,24,25);1H. The second-order valence-corrected chi connectivity index (χ2v) is 7.41. The van der Waals surface area contributed by atoms with Crippen LogP contribution in [0.3, 0.4) is 0 Å². The Labute approximate surface area is 198 Å². The van der Waals surface area contributed by atoms with Gasteiger partial charge in [0.1, 0.15) is 12.2 Å². The highest BCUT2D eigenvalue weighted by atomic mass is 127. The molecule has 0 fully saturated rings. The Bertz CT molecular complexity index is 741. The van der Waals surface area contributed by atoms with E-state index in [1.54, 1.807) is 6.33 Å². The molecule has 1 unspecified atom stereocenters. The van der Waals surface area contributed by atoms with E-state index in [4.69, 9.17) is 0 Å². The van der Waals surface area contributed by atoms with Crippen molar-refractivity contribution in [2.45, 2.75) is 65.1 Å². The molecule has 0 spiro atoms. The maximum Gasteiger partial charge on any atom is 0.191 e. The summed E-state index contributed by atoms with van der Waals surface area (Å²) in [5.74, 6) is 1.82. The van der Waals surface area contributed by atoms with Crippen LogP contribution in [0.15, 0.2) is 41.7 Å². The summed E-state index contributed by atoms with van der Waals surface area (Å²) in [6, 6.07) is 10.9. The summed E-state index contributed by atoms with van der Waals surface area (Å²) in [6.07, 6.45) is 4.73. The smallest absolute Gasteiger partial charge is 0.191 e. The SMILES string of the molecule is CCc1nncn1CCNC(=NC)NCC(CC)(CC)NC(C)c1ccccc1.I. The van der Waals surface area contributed by atoms with Crippen LogP contribution in [-0.2, 0) is 13.0 Å². The van der Waals surface area contributed by atoms with Crippen molar-refractivity contribution in [1.29, 1.82) is 0 Å². The van der Waals surface area contributed by atoms with E-state index in [0.717, 1.165) is 50.7 Å². The predicted molar refractivity (Wildman–Crippen MR) is 135 cm³/mol. The number of aromatic nitrogens is 3. The fourth-order valence-electron chi connectivity index (χ4n) is 3.55. The molecule has 0 aliphatic carbocycles. The zero-order chi connectivity index (χ0) is 21.1. The molecule has 1 heterocycles. The summed E-state index contributed by atoms with van der Waals surface area (Å²) < 4.78 is 2.08. The van der Waals surface area contributed by atoms with Crippen molar-refractivity contribution >= 4 is 29.9 Å². The topological polar surface area (TPSA) is 79.2 Å². The van der Waals surface area contributed by atoms with Gasteiger partial charge in [-0.05, 0) is 25.3 Å². The van der Waals surface area contributed by atoms with Crippen LogP contribution in [0, 0.1) is 0 Å². The van der Waals surface area contributed by atoms with E-state index >= 15 is 0 Å². The Morgan fingerprint density at radius 2 is 1.83 bits per heavy atom. The summed E-state index contributed by atoms with van der Waals surface area (Å²) in [5, 5.41) is 18.9. The molecular weight excluding hydrogens is 489 g/mol. The van der Waals surface area contributed by atoms with Gasteiger partial charge >= 0.3 is 0 Å². The van der Waals surface area contributed by atoms with Crippen LogP contribution in [0.2, 0.25) is 0 Å². The Hall–Kier alpha value is -1.68. The van der Waals surface area contributed by atoms with Crippen LogP contribution in [0.5, 0.6) is 0 Å². The summed E-state index contributed by atoms with van der Waals surface area (Å²) in [5.41, 5.74) is 1.30. The summed E-state index contributed by atoms with van der Waals surface area (Å²) >= 11 is 0. The van der Waals surface area contributed by atoms with Crippen LogP contribution in [0.25, 0.3) is 0 Å². The van der Waals surface area contributed by atoms with Gasteiger partial charge < -0.3 is 20.5 Å². The largest absolute Gasteiger partial charge is 0.355 e. The number of hydrogen-bond donors (Lipinski definition) is 3. The van der Waals surface area contributed by atoms with Gasteiger partial charge in [-0.3, -0.25) is 4.99 Å². The molecular formula is C22H38IN7. The highest BCUT2D eigenvalue weighted by molar-refractivity contribution is 14.0. The molecule has 0 radical (unpaired) electrons. The van der Waals surface area contributed by atoms with Gasteiger partial charge in [-0.25, -0.2) is 0 Å². The zero-order valence-electron chi connectivity index (χ0n) is 19.0. The Kier molecular flexibility index (Phi) is 11.9. The van der Waals surface area contributed by atoms with Crippen LogP contribution in [0.4, 0.5) is 0 Å². The van der Waals surface area contributed by atoms with Gasteiger partial charge in [-0.15, -0.1) is 34.2 Å². The highest BCUT2D eigenvalue weighted by Crippen LogP contribution is 2.21. The number of guanidine groups is 1. The summed E-state index contributed by atoms with van der Waals surface area (Å²) in [4.78, 5) is 4.38. The first kappa shape index (κ1) is 26.4. The number of halogens is 1. The monoisotopic (exact) mass is 527 g/mol. The van der Waals surface area contributed by atoms with E-state index in [-0.39, 0.29) is 35.6 Å². The van der Waals surface area contributed by atoms with Crippen molar-refractivity contribution in [3.8, 4) is 0 Å². The number of rotatable bonds is 11. The molecule has 3 N–H and O–H groups in total. The first-order valence-corrected chi connectivity index (χ1v) is 10.7. The molecule has 1 atom stereocenters. The van der Waals surface area contributed by atoms with Crippen molar-refractivity contribution in [1.82, 2.24) is 30.7 Å². The Morgan fingerprint density at radius 3 is 2.43 bits per heavy atom. The minimum absolute atomic E-state index is 0. The molecule has 0 bridgehead atoms. The number of nitrogens with one attached hydrogen (secondary N) is 3. The molecule has 1 aromatic heterocycles. The van der Waals surface area contributed by atoms with E-state index in [0.29, 0.717) is 0 Å². The summed E-state index contributed by atoms with van der Waals surface area (Å²) in [7, 11) is 1.81. The van der Waals surface area contributed by atoms with Crippen molar-refractivity contribution in [2.24, 2.45) is 4.99 Å². The lowest BCUT2D eigenvalue weighted by molar-refractivity contribution is 0.271. The van der Waals surface area contributed by atoms with E-state index in [1.807, 2.05) is 7.05 Å². The normalized spacial score (nSPS) is 12.9. The molecule has 0 aliphatic heterocycles. The lowest BCUT2D eigenvalue weighted by Gasteiger charge is -2.37. The third-order valence-electron chi connectivity index (χ3n) is 5.65. The van der Waals surface area contributed by atoms with E-state index < -0.39 is 0 Å². The average molecular weight is 527 g/mol. The lowest BCUT2D eigenvalue weighted by atomic mass is 9.90. The van der Waals surface area contributed by atoms with Gasteiger partial charge in [0.05, 0.1) is 0 Å². The molecule has 0 saturated carbocycles. The van der Waals surface area contributed by atoms with Crippen molar-refractivity contribution in [2.75, 3.05) is 20.1 Å². The second kappa shape index (κ2) is 13.6. The molecule has 168 valence electrons. The van der Waals surface area contributed by atoms with Crippen molar-refractivity contribution < 1.29 is 0 Å². The minimum Gasteiger partial charge on any atom is -0.355 e. The van der Waals surface area contributed by atoms with Gasteiger partial charge in [-0.2, -0.15) is 0 Å². The maximum absolute atomic E-state index is 4.38. The predicted octanol–water partition coefficient (Wildman–Crippen LogP) is 3.53. The maximum atomic E-state index is 4.38. The molecule has 0 aliphatic rings. The quantitative estimate of drug-likeness (QED) is 0.237. The molecule has 2 aromatic rings. The first-order chi connectivity index (χ1) is 14.1. The zero-order valence-corrected chi connectivity index (χ0v) is 21.3. The van der Waals surface area contributed by atoms with Gasteiger partial charge in [0, 0.05) is 44.7 Å². The van der Waals surface area contributed by atoms with E-state index in [9.17, 15) is 0 Å². The first-order valence-electron chi connectivity index (χ1n) is 10.7. The van der Waals surface area contributed by atoms with Gasteiger partial charge in [0.2, 0.25) is 0 Å². The molecule has 1 aromatic carbocycles. The third-order valence-corrected chi connectivity index (χ3v) is 5.65. The van der Waals surface area contributed by atoms with Crippen LogP contribution in [-0.4, -0.2) is 46.4 Å².